The molecule has 5 heterocycles. The van der Waals surface area contributed by atoms with Crippen molar-refractivity contribution in [3.8, 4) is 11.4 Å². The molecule has 0 unspecified atom stereocenters. The number of hydrogen-bond acceptors (Lipinski definition) is 10. The van der Waals surface area contributed by atoms with Gasteiger partial charge in [-0.15, -0.1) is 0 Å². The molecule has 2 aliphatic rings. The summed E-state index contributed by atoms with van der Waals surface area (Å²) in [5.74, 6) is 2.31. The van der Waals surface area contributed by atoms with E-state index in [1.54, 1.807) is 18.5 Å². The maximum atomic E-state index is 12.4. The molecule has 0 radical (unpaired) electrons. The summed E-state index contributed by atoms with van der Waals surface area (Å²) in [4.78, 5) is 13.4. The first kappa shape index (κ1) is 22.9. The van der Waals surface area contributed by atoms with Crippen LogP contribution in [0.5, 0.6) is 0 Å². The highest BCUT2D eigenvalue weighted by atomic mass is 32.2. The van der Waals surface area contributed by atoms with E-state index in [4.69, 9.17) is 9.84 Å². The summed E-state index contributed by atoms with van der Waals surface area (Å²) in [5, 5.41) is 16.1. The first-order valence-electron chi connectivity index (χ1n) is 12.0. The van der Waals surface area contributed by atoms with Gasteiger partial charge in [0.15, 0.2) is 11.6 Å². The van der Waals surface area contributed by atoms with Crippen LogP contribution in [0, 0.1) is 0 Å². The Balaban J connectivity index is 1.26. The summed E-state index contributed by atoms with van der Waals surface area (Å²) < 4.78 is 33.4. The Kier molecular flexibility index (Phi) is 5.60. The van der Waals surface area contributed by atoms with E-state index in [-0.39, 0.29) is 17.3 Å². The monoisotopic (exact) mass is 509 g/mol. The normalized spacial score (nSPS) is 18.2. The van der Waals surface area contributed by atoms with Gasteiger partial charge in [0.05, 0.1) is 46.8 Å². The van der Waals surface area contributed by atoms with Crippen LogP contribution in [-0.2, 0) is 14.8 Å². The van der Waals surface area contributed by atoms with Gasteiger partial charge in [-0.3, -0.25) is 4.68 Å². The van der Waals surface area contributed by atoms with Crippen molar-refractivity contribution in [3.05, 3.63) is 36.9 Å². The van der Waals surface area contributed by atoms with Crippen LogP contribution >= 0.6 is 0 Å². The quantitative estimate of drug-likeness (QED) is 0.364. The molecule has 0 amide bonds. The number of pyridine rings is 1. The van der Waals surface area contributed by atoms with Crippen molar-refractivity contribution in [1.82, 2.24) is 33.9 Å². The number of anilines is 3. The molecule has 1 saturated heterocycles. The smallest absolute Gasteiger partial charge is 0.256 e. The number of fused-ring (bicyclic) bond motifs is 1. The van der Waals surface area contributed by atoms with E-state index < -0.39 is 10.0 Å². The Morgan fingerprint density at radius 1 is 1.14 bits per heavy atom. The minimum Gasteiger partial charge on any atom is -0.379 e. The molecular weight excluding hydrogens is 482 g/mol. The second-order valence-electron chi connectivity index (χ2n) is 9.41. The standard InChI is InChI=1S/C23H27N9O3S/c1-14(2)32-19-9-21(25-11-18(19)23(30-32)27-16-6-8-35-13-16)28-20-5-7-24-22(29-20)15-10-26-31(12-15)36(33,34)17-3-4-17/h5,7,9-12,14,16-17H,3-4,6,8,13H2,1-2H3,(H,27,30)(H,24,25,28,29)/t16-/m0/s1. The fourth-order valence-electron chi connectivity index (χ4n) is 4.22. The summed E-state index contributed by atoms with van der Waals surface area (Å²) in [6.45, 7) is 5.60. The number of aromatic nitrogens is 7. The highest BCUT2D eigenvalue weighted by Gasteiger charge is 2.37. The maximum Gasteiger partial charge on any atom is 0.256 e. The largest absolute Gasteiger partial charge is 0.379 e. The topological polar surface area (TPSA) is 142 Å². The molecular formula is C23H27N9O3S. The van der Waals surface area contributed by atoms with Gasteiger partial charge in [-0.1, -0.05) is 0 Å². The lowest BCUT2D eigenvalue weighted by molar-refractivity contribution is 0.195. The first-order valence-corrected chi connectivity index (χ1v) is 13.5. The molecule has 4 aromatic heterocycles. The Hall–Kier alpha value is -3.58. The number of nitrogens with zero attached hydrogens (tertiary/aromatic N) is 7. The Labute approximate surface area is 208 Å². The van der Waals surface area contributed by atoms with Gasteiger partial charge in [-0.05, 0) is 39.2 Å². The predicted molar refractivity (Wildman–Crippen MR) is 135 cm³/mol. The summed E-state index contributed by atoms with van der Waals surface area (Å²) >= 11 is 0. The van der Waals surface area contributed by atoms with E-state index in [0.717, 1.165) is 33.8 Å². The Bertz CT molecular complexity index is 1520. The van der Waals surface area contributed by atoms with E-state index in [1.165, 1.54) is 12.4 Å². The third-order valence-corrected chi connectivity index (χ3v) is 8.32. The molecule has 4 aromatic rings. The van der Waals surface area contributed by atoms with Crippen molar-refractivity contribution in [1.29, 1.82) is 0 Å². The van der Waals surface area contributed by atoms with Crippen molar-refractivity contribution < 1.29 is 13.2 Å². The van der Waals surface area contributed by atoms with Crippen LogP contribution < -0.4 is 10.6 Å². The lowest BCUT2D eigenvalue weighted by atomic mass is 10.2. The summed E-state index contributed by atoms with van der Waals surface area (Å²) in [6.07, 6.45) is 8.64. The van der Waals surface area contributed by atoms with Gasteiger partial charge in [-0.2, -0.15) is 14.3 Å². The molecule has 1 saturated carbocycles. The van der Waals surface area contributed by atoms with Crippen LogP contribution in [0.15, 0.2) is 36.9 Å². The zero-order valence-corrected chi connectivity index (χ0v) is 20.8. The van der Waals surface area contributed by atoms with Crippen LogP contribution in [0.3, 0.4) is 0 Å². The van der Waals surface area contributed by atoms with Gasteiger partial charge in [0.1, 0.15) is 11.6 Å². The van der Waals surface area contributed by atoms with Gasteiger partial charge >= 0.3 is 0 Å². The zero-order chi connectivity index (χ0) is 24.9. The average Bonchev–Trinajstić information content (AvgIpc) is 3.25. The van der Waals surface area contributed by atoms with Crippen LogP contribution in [0.1, 0.15) is 39.2 Å². The van der Waals surface area contributed by atoms with Gasteiger partial charge in [0.25, 0.3) is 10.0 Å². The van der Waals surface area contributed by atoms with E-state index in [2.05, 4.69) is 44.5 Å². The van der Waals surface area contributed by atoms with Crippen molar-refractivity contribution in [2.24, 2.45) is 0 Å². The molecule has 2 N–H and O–H groups in total. The Morgan fingerprint density at radius 2 is 2.00 bits per heavy atom. The fraction of sp³-hybridized carbons (Fsp3) is 0.435. The predicted octanol–water partition coefficient (Wildman–Crippen LogP) is 2.95. The third kappa shape index (κ3) is 4.28. The number of ether oxygens (including phenoxy) is 1. The van der Waals surface area contributed by atoms with Gasteiger partial charge in [0, 0.05) is 31.1 Å². The van der Waals surface area contributed by atoms with E-state index >= 15 is 0 Å². The molecule has 36 heavy (non-hydrogen) atoms. The minimum absolute atomic E-state index is 0.159. The Morgan fingerprint density at radius 3 is 2.75 bits per heavy atom. The fourth-order valence-corrected chi connectivity index (χ4v) is 5.70. The molecule has 13 heteroatoms. The summed E-state index contributed by atoms with van der Waals surface area (Å²) in [6, 6.07) is 4.07. The molecule has 1 aliphatic heterocycles. The summed E-state index contributed by atoms with van der Waals surface area (Å²) in [7, 11) is -3.45. The zero-order valence-electron chi connectivity index (χ0n) is 20.0. The highest BCUT2D eigenvalue weighted by Crippen LogP contribution is 2.31. The SMILES string of the molecule is CC(C)n1nc(N[C@H]2CCOC2)c2cnc(Nc3ccnc(-c4cnn(S(=O)(=O)C5CC5)c4)n3)cc21. The molecule has 2 fully saturated rings. The first-order chi connectivity index (χ1) is 17.4. The second kappa shape index (κ2) is 8.82. The van der Waals surface area contributed by atoms with Gasteiger partial charge < -0.3 is 15.4 Å². The van der Waals surface area contributed by atoms with Crippen molar-refractivity contribution in [3.63, 3.8) is 0 Å². The highest BCUT2D eigenvalue weighted by molar-refractivity contribution is 7.90. The van der Waals surface area contributed by atoms with Gasteiger partial charge in [0.2, 0.25) is 0 Å². The molecule has 0 aromatic carbocycles. The maximum absolute atomic E-state index is 12.4. The van der Waals surface area contributed by atoms with Crippen LogP contribution in [-0.4, -0.2) is 66.8 Å². The van der Waals surface area contributed by atoms with E-state index in [1.807, 2.05) is 10.7 Å². The lowest BCUT2D eigenvalue weighted by Crippen LogP contribution is -2.19. The molecule has 6 rings (SSSR count). The van der Waals surface area contributed by atoms with Crippen LogP contribution in [0.2, 0.25) is 0 Å². The average molecular weight is 510 g/mol. The number of nitrogens with one attached hydrogen (secondary N) is 2. The van der Waals surface area contributed by atoms with Crippen molar-refractivity contribution >= 4 is 38.4 Å². The number of hydrogen-bond donors (Lipinski definition) is 2. The second-order valence-corrected chi connectivity index (χ2v) is 11.5. The van der Waals surface area contributed by atoms with Crippen LogP contribution in [0.25, 0.3) is 22.3 Å². The molecule has 12 nitrogen and oxygen atoms in total. The van der Waals surface area contributed by atoms with Gasteiger partial charge in [-0.25, -0.2) is 23.4 Å². The molecule has 1 atom stereocenters. The molecule has 0 spiro atoms. The molecule has 0 bridgehead atoms. The van der Waals surface area contributed by atoms with Crippen LogP contribution in [0.4, 0.5) is 17.5 Å². The minimum atomic E-state index is -3.45. The van der Waals surface area contributed by atoms with Crippen molar-refractivity contribution in [2.45, 2.75) is 50.4 Å². The molecule has 1 aliphatic carbocycles. The van der Waals surface area contributed by atoms with E-state index in [9.17, 15) is 8.42 Å². The lowest BCUT2D eigenvalue weighted by Gasteiger charge is -2.09. The van der Waals surface area contributed by atoms with E-state index in [0.29, 0.717) is 42.5 Å². The molecule has 188 valence electrons. The van der Waals surface area contributed by atoms with Crippen molar-refractivity contribution in [2.75, 3.05) is 23.8 Å². The third-order valence-electron chi connectivity index (χ3n) is 6.29. The number of rotatable bonds is 8. The summed E-state index contributed by atoms with van der Waals surface area (Å²) in [5.41, 5.74) is 1.47.